The molecule has 1 amide bonds. The van der Waals surface area contributed by atoms with Crippen LogP contribution in [0.1, 0.15) is 34.6 Å². The lowest BCUT2D eigenvalue weighted by atomic mass is 10.2. The number of imidazole rings is 1. The zero-order valence-electron chi connectivity index (χ0n) is 16.9. The van der Waals surface area contributed by atoms with Crippen LogP contribution in [0.25, 0.3) is 11.0 Å². The minimum Gasteiger partial charge on any atom is -0.486 e. The van der Waals surface area contributed by atoms with Crippen LogP contribution in [0.5, 0.6) is 5.75 Å². The summed E-state index contributed by atoms with van der Waals surface area (Å²) in [7, 11) is 0. The molecule has 0 unspecified atom stereocenters. The summed E-state index contributed by atoms with van der Waals surface area (Å²) in [4.78, 5) is 20.7. The van der Waals surface area contributed by atoms with Crippen molar-refractivity contribution in [3.8, 4) is 5.75 Å². The Balaban J connectivity index is 1.42. The molecule has 2 aromatic heterocycles. The van der Waals surface area contributed by atoms with Gasteiger partial charge in [-0.05, 0) is 67.0 Å². The van der Waals surface area contributed by atoms with E-state index in [-0.39, 0.29) is 30.1 Å². The number of carbonyl (C=O) groups is 1. The van der Waals surface area contributed by atoms with E-state index >= 15 is 0 Å². The minimum absolute atomic E-state index is 0.137. The van der Waals surface area contributed by atoms with Gasteiger partial charge in [-0.1, -0.05) is 12.1 Å². The number of furan rings is 1. The Morgan fingerprint density at radius 1 is 1.19 bits per heavy atom. The molecule has 0 bridgehead atoms. The van der Waals surface area contributed by atoms with Crippen LogP contribution in [-0.2, 0) is 6.61 Å². The Morgan fingerprint density at radius 2 is 2.00 bits per heavy atom. The molecule has 0 radical (unpaired) electrons. The third-order valence-electron chi connectivity index (χ3n) is 4.73. The van der Waals surface area contributed by atoms with Gasteiger partial charge in [-0.25, -0.2) is 9.37 Å². The maximum Gasteiger partial charge on any atom is 0.287 e. The second-order valence-electron chi connectivity index (χ2n) is 6.96. The molecular formula is C23H22FN3O3S. The van der Waals surface area contributed by atoms with E-state index < -0.39 is 0 Å². The molecule has 0 saturated heterocycles. The molecule has 0 aliphatic heterocycles. The number of ether oxygens (including phenoxy) is 1. The lowest BCUT2D eigenvalue weighted by molar-refractivity contribution is 0.0902. The fourth-order valence-electron chi connectivity index (χ4n) is 3.14. The first-order chi connectivity index (χ1) is 15.1. The van der Waals surface area contributed by atoms with Crippen molar-refractivity contribution in [2.45, 2.75) is 19.1 Å². The van der Waals surface area contributed by atoms with Crippen molar-refractivity contribution in [3.05, 3.63) is 83.8 Å². The van der Waals surface area contributed by atoms with Gasteiger partial charge in [0.1, 0.15) is 29.8 Å². The second-order valence-corrected chi connectivity index (χ2v) is 7.94. The molecule has 4 rings (SSSR count). The van der Waals surface area contributed by atoms with Crippen molar-refractivity contribution in [2.75, 3.05) is 12.0 Å². The predicted octanol–water partition coefficient (Wildman–Crippen LogP) is 5.10. The molecule has 0 saturated carbocycles. The van der Waals surface area contributed by atoms with Crippen LogP contribution in [0, 0.1) is 5.82 Å². The van der Waals surface area contributed by atoms with E-state index in [1.165, 1.54) is 24.3 Å². The van der Waals surface area contributed by atoms with Crippen molar-refractivity contribution in [2.24, 2.45) is 0 Å². The number of carbonyl (C=O) groups excluding carboxylic acids is 1. The molecule has 0 aliphatic carbocycles. The number of nitrogens with zero attached hydrogens (tertiary/aromatic N) is 1. The Kier molecular flexibility index (Phi) is 6.57. The van der Waals surface area contributed by atoms with Crippen molar-refractivity contribution < 1.29 is 18.3 Å². The topological polar surface area (TPSA) is 80.2 Å². The van der Waals surface area contributed by atoms with E-state index in [1.54, 1.807) is 23.9 Å². The molecule has 0 spiro atoms. The Labute approximate surface area is 183 Å². The van der Waals surface area contributed by atoms with Gasteiger partial charge in [0.05, 0.1) is 17.1 Å². The summed E-state index contributed by atoms with van der Waals surface area (Å²) in [6.07, 6.45) is 2.76. The second kappa shape index (κ2) is 9.70. The number of H-pyrrole nitrogens is 1. The van der Waals surface area contributed by atoms with Gasteiger partial charge in [-0.15, -0.1) is 0 Å². The molecule has 2 heterocycles. The van der Waals surface area contributed by atoms with E-state index in [0.717, 1.165) is 29.0 Å². The van der Waals surface area contributed by atoms with Crippen LogP contribution in [0.3, 0.4) is 0 Å². The Bertz CT molecular complexity index is 1120. The van der Waals surface area contributed by atoms with Gasteiger partial charge in [0.25, 0.3) is 5.91 Å². The molecule has 31 heavy (non-hydrogen) atoms. The fourth-order valence-corrected chi connectivity index (χ4v) is 3.61. The minimum atomic E-state index is -0.329. The van der Waals surface area contributed by atoms with Crippen molar-refractivity contribution in [3.63, 3.8) is 0 Å². The quantitative estimate of drug-likeness (QED) is 0.379. The van der Waals surface area contributed by atoms with Crippen LogP contribution < -0.4 is 10.1 Å². The van der Waals surface area contributed by atoms with E-state index in [9.17, 15) is 9.18 Å². The monoisotopic (exact) mass is 439 g/mol. The molecule has 2 aromatic carbocycles. The van der Waals surface area contributed by atoms with Gasteiger partial charge >= 0.3 is 0 Å². The zero-order chi connectivity index (χ0) is 21.6. The molecule has 6 nitrogen and oxygen atoms in total. The summed E-state index contributed by atoms with van der Waals surface area (Å²) in [5, 5.41) is 3.02. The molecule has 0 fully saturated rings. The third kappa shape index (κ3) is 5.27. The number of amides is 1. The first-order valence-electron chi connectivity index (χ1n) is 9.84. The van der Waals surface area contributed by atoms with E-state index in [4.69, 9.17) is 9.15 Å². The summed E-state index contributed by atoms with van der Waals surface area (Å²) in [5.74, 6) is 2.16. The number of nitrogens with one attached hydrogen (secondary N) is 2. The highest BCUT2D eigenvalue weighted by Crippen LogP contribution is 2.21. The number of benzene rings is 2. The van der Waals surface area contributed by atoms with Gasteiger partial charge in [-0.2, -0.15) is 11.8 Å². The molecule has 0 aliphatic rings. The molecule has 8 heteroatoms. The lowest BCUT2D eigenvalue weighted by Gasteiger charge is -2.15. The zero-order valence-corrected chi connectivity index (χ0v) is 17.7. The standard InChI is InChI=1S/C23H22FN3O3S/c1-31-13-12-20(22-25-18-4-2-3-5-19(18)26-22)27-23(28)21-11-10-17(30-21)14-29-16-8-6-15(24)7-9-16/h2-11,20H,12-14H2,1H3,(H,25,26)(H,27,28)/t20-/m0/s1. The molecular weight excluding hydrogens is 417 g/mol. The SMILES string of the molecule is CSCC[C@H](NC(=O)c1ccc(COc2ccc(F)cc2)o1)c1nc2ccccc2[nH]1. The van der Waals surface area contributed by atoms with E-state index in [0.29, 0.717) is 11.5 Å². The van der Waals surface area contributed by atoms with Crippen molar-refractivity contribution in [1.82, 2.24) is 15.3 Å². The average Bonchev–Trinajstić information content (AvgIpc) is 3.43. The lowest BCUT2D eigenvalue weighted by Crippen LogP contribution is -2.29. The summed E-state index contributed by atoms with van der Waals surface area (Å²) >= 11 is 1.71. The van der Waals surface area contributed by atoms with Crippen molar-refractivity contribution in [1.29, 1.82) is 0 Å². The average molecular weight is 440 g/mol. The number of hydrogen-bond acceptors (Lipinski definition) is 5. The van der Waals surface area contributed by atoms with Gasteiger partial charge < -0.3 is 19.5 Å². The summed E-state index contributed by atoms with van der Waals surface area (Å²) in [5.41, 5.74) is 1.79. The Morgan fingerprint density at radius 3 is 2.77 bits per heavy atom. The van der Waals surface area contributed by atoms with Gasteiger partial charge in [0.2, 0.25) is 0 Å². The number of rotatable bonds is 9. The van der Waals surface area contributed by atoms with E-state index in [1.807, 2.05) is 30.5 Å². The van der Waals surface area contributed by atoms with E-state index in [2.05, 4.69) is 15.3 Å². The Hall–Kier alpha value is -3.26. The molecule has 4 aromatic rings. The van der Waals surface area contributed by atoms with Crippen LogP contribution in [-0.4, -0.2) is 27.9 Å². The highest BCUT2D eigenvalue weighted by Gasteiger charge is 2.21. The number of hydrogen-bond donors (Lipinski definition) is 2. The van der Waals surface area contributed by atoms with Gasteiger partial charge in [0, 0.05) is 0 Å². The highest BCUT2D eigenvalue weighted by atomic mass is 32.2. The summed E-state index contributed by atoms with van der Waals surface area (Å²) in [6, 6.07) is 16.5. The first-order valence-corrected chi connectivity index (χ1v) is 11.2. The number of fused-ring (bicyclic) bond motifs is 1. The fraction of sp³-hybridized carbons (Fsp3) is 0.217. The molecule has 160 valence electrons. The smallest absolute Gasteiger partial charge is 0.287 e. The largest absolute Gasteiger partial charge is 0.486 e. The third-order valence-corrected chi connectivity index (χ3v) is 5.38. The van der Waals surface area contributed by atoms with Gasteiger partial charge in [-0.3, -0.25) is 4.79 Å². The maximum atomic E-state index is 13.0. The number of thioether (sulfide) groups is 1. The molecule has 2 N–H and O–H groups in total. The van der Waals surface area contributed by atoms with Crippen LogP contribution in [0.15, 0.2) is 65.1 Å². The van der Waals surface area contributed by atoms with Gasteiger partial charge in [0.15, 0.2) is 5.76 Å². The summed E-state index contributed by atoms with van der Waals surface area (Å²) in [6.45, 7) is 0.137. The highest BCUT2D eigenvalue weighted by molar-refractivity contribution is 7.98. The summed E-state index contributed by atoms with van der Waals surface area (Å²) < 4.78 is 24.2. The number of halogens is 1. The number of aromatic nitrogens is 2. The predicted molar refractivity (Wildman–Crippen MR) is 119 cm³/mol. The van der Waals surface area contributed by atoms with Crippen LogP contribution >= 0.6 is 11.8 Å². The van der Waals surface area contributed by atoms with Crippen LogP contribution in [0.2, 0.25) is 0 Å². The molecule has 1 atom stereocenters. The maximum absolute atomic E-state index is 13.0. The van der Waals surface area contributed by atoms with Crippen LogP contribution in [0.4, 0.5) is 4.39 Å². The van der Waals surface area contributed by atoms with Crippen molar-refractivity contribution >= 4 is 28.7 Å². The number of para-hydroxylation sites is 2. The number of aromatic amines is 1. The normalized spacial score (nSPS) is 12.1. The first kappa shape index (κ1) is 21.0.